The molecule has 6 heteroatoms. The molecule has 6 nitrogen and oxygen atoms in total. The maximum atomic E-state index is 12.9. The summed E-state index contributed by atoms with van der Waals surface area (Å²) < 4.78 is 10.6. The van der Waals surface area contributed by atoms with Gasteiger partial charge in [-0.2, -0.15) is 0 Å². The average Bonchev–Trinajstić information content (AvgIpc) is 3.19. The van der Waals surface area contributed by atoms with Crippen molar-refractivity contribution in [1.82, 2.24) is 5.32 Å². The lowest BCUT2D eigenvalue weighted by Crippen LogP contribution is -2.25. The highest BCUT2D eigenvalue weighted by atomic mass is 16.5. The van der Waals surface area contributed by atoms with Crippen LogP contribution in [0.1, 0.15) is 37.3 Å². The van der Waals surface area contributed by atoms with E-state index in [-0.39, 0.29) is 13.0 Å². The number of ether oxygens (including phenoxy) is 1. The van der Waals surface area contributed by atoms with Crippen molar-refractivity contribution >= 4 is 18.0 Å². The van der Waals surface area contributed by atoms with Gasteiger partial charge in [0.15, 0.2) is 0 Å². The van der Waals surface area contributed by atoms with Crippen LogP contribution in [0.3, 0.4) is 0 Å². The number of nitrogens with two attached hydrogens (primary N) is 1. The third-order valence-corrected chi connectivity index (χ3v) is 4.14. The van der Waals surface area contributed by atoms with Gasteiger partial charge in [0.2, 0.25) is 5.91 Å². The summed E-state index contributed by atoms with van der Waals surface area (Å²) in [6, 6.07) is 11.4. The Labute approximate surface area is 170 Å². The van der Waals surface area contributed by atoms with E-state index in [2.05, 4.69) is 11.9 Å². The summed E-state index contributed by atoms with van der Waals surface area (Å²) in [5, 5.41) is 3.04. The Hall–Kier alpha value is -3.54. The fourth-order valence-corrected chi connectivity index (χ4v) is 2.96. The van der Waals surface area contributed by atoms with Gasteiger partial charge in [-0.05, 0) is 37.1 Å². The number of hydrogen-bond acceptors (Lipinski definition) is 5. The van der Waals surface area contributed by atoms with Crippen molar-refractivity contribution in [3.63, 3.8) is 0 Å². The van der Waals surface area contributed by atoms with Gasteiger partial charge in [0.05, 0.1) is 18.1 Å². The molecule has 1 atom stereocenters. The van der Waals surface area contributed by atoms with E-state index in [1.165, 1.54) is 12.5 Å². The van der Waals surface area contributed by atoms with E-state index in [0.717, 1.165) is 5.56 Å². The van der Waals surface area contributed by atoms with Gasteiger partial charge in [0.1, 0.15) is 6.61 Å². The summed E-state index contributed by atoms with van der Waals surface area (Å²) in [5.41, 5.74) is 8.61. The Kier molecular flexibility index (Phi) is 8.03. The zero-order valence-corrected chi connectivity index (χ0v) is 16.7. The summed E-state index contributed by atoms with van der Waals surface area (Å²) in [5.74, 6) is -1.67. The van der Waals surface area contributed by atoms with E-state index >= 15 is 0 Å². The summed E-state index contributed by atoms with van der Waals surface area (Å²) in [7, 11) is 0. The minimum Gasteiger partial charge on any atom is -0.472 e. The van der Waals surface area contributed by atoms with E-state index in [9.17, 15) is 9.59 Å². The van der Waals surface area contributed by atoms with Crippen molar-refractivity contribution in [2.75, 3.05) is 6.61 Å². The number of rotatable bonds is 10. The molecular formula is C23H26N2O4. The highest BCUT2D eigenvalue weighted by molar-refractivity contribution is 5.92. The van der Waals surface area contributed by atoms with E-state index in [1.54, 1.807) is 26.0 Å². The fraction of sp³-hybridized carbons (Fsp3) is 0.217. The van der Waals surface area contributed by atoms with Gasteiger partial charge >= 0.3 is 5.97 Å². The van der Waals surface area contributed by atoms with E-state index < -0.39 is 17.8 Å². The normalized spacial score (nSPS) is 12.9. The number of hydrogen-bond donors (Lipinski definition) is 2. The minimum atomic E-state index is -0.594. The van der Waals surface area contributed by atoms with Crippen LogP contribution in [0.5, 0.6) is 0 Å². The molecule has 0 saturated heterocycles. The first-order valence-corrected chi connectivity index (χ1v) is 9.21. The number of nitrogens with one attached hydrogen (secondary N) is 1. The highest BCUT2D eigenvalue weighted by Gasteiger charge is 2.29. The maximum absolute atomic E-state index is 12.9. The van der Waals surface area contributed by atoms with Crippen LogP contribution in [0, 0.1) is 0 Å². The number of amides is 1. The Morgan fingerprint density at radius 3 is 2.55 bits per heavy atom. The lowest BCUT2D eigenvalue weighted by Gasteiger charge is -2.20. The number of furan rings is 1. The number of carbonyl (C=O) groups is 2. The largest absolute Gasteiger partial charge is 0.472 e. The molecule has 0 fully saturated rings. The molecule has 0 saturated carbocycles. The average molecular weight is 394 g/mol. The van der Waals surface area contributed by atoms with Crippen molar-refractivity contribution in [2.24, 2.45) is 5.73 Å². The molecule has 1 aromatic carbocycles. The summed E-state index contributed by atoms with van der Waals surface area (Å²) in [6.45, 7) is 7.41. The van der Waals surface area contributed by atoms with Crippen molar-refractivity contribution in [2.45, 2.75) is 26.2 Å². The smallest absolute Gasteiger partial charge is 0.336 e. The van der Waals surface area contributed by atoms with Gasteiger partial charge in [0, 0.05) is 23.7 Å². The van der Waals surface area contributed by atoms with Gasteiger partial charge in [-0.15, -0.1) is 0 Å². The monoisotopic (exact) mass is 394 g/mol. The van der Waals surface area contributed by atoms with Crippen molar-refractivity contribution < 1.29 is 18.7 Å². The molecule has 1 amide bonds. The molecule has 3 N–H and O–H groups in total. The van der Waals surface area contributed by atoms with Crippen molar-refractivity contribution in [1.29, 1.82) is 0 Å². The first kappa shape index (κ1) is 21.8. The SMILES string of the molecule is C=C(C)N/C(C)=C(/C(=O)OC/C=C/c1ccccc1)C(CC(N)=O)c1ccoc1. The van der Waals surface area contributed by atoms with Crippen LogP contribution >= 0.6 is 0 Å². The molecule has 2 aromatic rings. The molecule has 0 aliphatic rings. The Morgan fingerprint density at radius 1 is 1.24 bits per heavy atom. The number of allylic oxidation sites excluding steroid dienone is 2. The Morgan fingerprint density at radius 2 is 1.97 bits per heavy atom. The van der Waals surface area contributed by atoms with Crippen LogP contribution in [0.25, 0.3) is 6.08 Å². The third kappa shape index (κ3) is 6.84. The Balaban J connectivity index is 2.24. The van der Waals surface area contributed by atoms with Crippen LogP contribution in [0.4, 0.5) is 0 Å². The number of benzene rings is 1. The lowest BCUT2D eigenvalue weighted by atomic mass is 9.88. The number of primary amides is 1. The maximum Gasteiger partial charge on any atom is 0.336 e. The van der Waals surface area contributed by atoms with Gasteiger partial charge in [-0.3, -0.25) is 4.79 Å². The Bertz CT molecular complexity index is 896. The zero-order chi connectivity index (χ0) is 21.2. The minimum absolute atomic E-state index is 0.0565. The molecule has 2 rings (SSSR count). The third-order valence-electron chi connectivity index (χ3n) is 4.14. The standard InChI is InChI=1S/C23H26N2O4/c1-16(2)25-17(3)22(20(14-21(24)26)19-11-13-28-15-19)23(27)29-12-7-10-18-8-5-4-6-9-18/h4-11,13,15,20,25H,1,12,14H2,2-3H3,(H2,24,26)/b10-7+,22-17+. The summed E-state index contributed by atoms with van der Waals surface area (Å²) in [6.07, 6.45) is 6.54. The summed E-state index contributed by atoms with van der Waals surface area (Å²) in [4.78, 5) is 24.6. The quantitative estimate of drug-likeness (QED) is 0.471. The van der Waals surface area contributed by atoms with E-state index in [0.29, 0.717) is 22.5 Å². The second kappa shape index (κ2) is 10.7. The van der Waals surface area contributed by atoms with Gasteiger partial charge in [0.25, 0.3) is 0 Å². The zero-order valence-electron chi connectivity index (χ0n) is 16.7. The number of esters is 1. The molecule has 0 bridgehead atoms. The van der Waals surface area contributed by atoms with Gasteiger partial charge in [-0.25, -0.2) is 4.79 Å². The topological polar surface area (TPSA) is 94.6 Å². The summed E-state index contributed by atoms with van der Waals surface area (Å²) >= 11 is 0. The molecule has 1 aromatic heterocycles. The first-order chi connectivity index (χ1) is 13.9. The molecule has 0 aliphatic heterocycles. The van der Waals surface area contributed by atoms with Gasteiger partial charge < -0.3 is 20.2 Å². The van der Waals surface area contributed by atoms with Crippen LogP contribution in [-0.2, 0) is 14.3 Å². The first-order valence-electron chi connectivity index (χ1n) is 9.21. The molecule has 152 valence electrons. The molecule has 0 radical (unpaired) electrons. The lowest BCUT2D eigenvalue weighted by molar-refractivity contribution is -0.138. The molecule has 0 aliphatic carbocycles. The molecule has 29 heavy (non-hydrogen) atoms. The predicted molar refractivity (Wildman–Crippen MR) is 112 cm³/mol. The van der Waals surface area contributed by atoms with Gasteiger partial charge in [-0.1, -0.05) is 43.0 Å². The number of carbonyl (C=O) groups excluding carboxylic acids is 2. The van der Waals surface area contributed by atoms with E-state index in [1.807, 2.05) is 36.4 Å². The van der Waals surface area contributed by atoms with Crippen molar-refractivity contribution in [3.05, 3.63) is 89.7 Å². The molecule has 1 heterocycles. The highest BCUT2D eigenvalue weighted by Crippen LogP contribution is 2.31. The van der Waals surface area contributed by atoms with Crippen molar-refractivity contribution in [3.8, 4) is 0 Å². The van der Waals surface area contributed by atoms with Crippen LogP contribution in [0.15, 0.2) is 83.0 Å². The van der Waals surface area contributed by atoms with E-state index in [4.69, 9.17) is 14.9 Å². The molecular weight excluding hydrogens is 368 g/mol. The van der Waals surface area contributed by atoms with Crippen LogP contribution in [0.2, 0.25) is 0 Å². The fourth-order valence-electron chi connectivity index (χ4n) is 2.96. The molecule has 0 spiro atoms. The van der Waals surface area contributed by atoms with Crippen LogP contribution < -0.4 is 11.1 Å². The predicted octanol–water partition coefficient (Wildman–Crippen LogP) is 3.89. The molecule has 1 unspecified atom stereocenters. The van der Waals surface area contributed by atoms with Crippen LogP contribution in [-0.4, -0.2) is 18.5 Å². The second-order valence-electron chi connectivity index (χ2n) is 6.64. The second-order valence-corrected chi connectivity index (χ2v) is 6.64.